The molecule has 4 nitrogen and oxygen atoms in total. The average Bonchev–Trinajstić information content (AvgIpc) is 2.91. The van der Waals surface area contributed by atoms with Crippen LogP contribution in [0.2, 0.25) is 0 Å². The van der Waals surface area contributed by atoms with Crippen LogP contribution < -0.4 is 5.32 Å². The highest BCUT2D eigenvalue weighted by Crippen LogP contribution is 2.12. The maximum Gasteiger partial charge on any atom is 0.408 e. The van der Waals surface area contributed by atoms with E-state index in [-0.39, 0.29) is 12.6 Å². The molecule has 1 amide bonds. The topological polar surface area (TPSA) is 51.5 Å². The number of amides is 1. The Labute approximate surface area is 106 Å². The summed E-state index contributed by atoms with van der Waals surface area (Å²) in [7, 11) is 0. The fourth-order valence-electron chi connectivity index (χ4n) is 1.55. The van der Waals surface area contributed by atoms with E-state index < -0.39 is 6.09 Å². The molecule has 0 aliphatic heterocycles. The fraction of sp³-hybridized carbons (Fsp3) is 0.214. The monoisotopic (exact) mass is 245 g/mol. The zero-order valence-corrected chi connectivity index (χ0v) is 10.1. The number of benzene rings is 1. The second-order valence-electron chi connectivity index (χ2n) is 3.94. The van der Waals surface area contributed by atoms with E-state index in [0.29, 0.717) is 5.76 Å². The SMILES string of the molecule is CC(NC(=O)OCc1ccccc1)c1ccco1. The molecule has 1 N–H and O–H groups in total. The molecule has 1 aromatic heterocycles. The fourth-order valence-corrected chi connectivity index (χ4v) is 1.55. The molecule has 0 radical (unpaired) electrons. The van der Waals surface area contributed by atoms with Crippen LogP contribution in [0.3, 0.4) is 0 Å². The predicted octanol–water partition coefficient (Wildman–Crippen LogP) is 3.27. The summed E-state index contributed by atoms with van der Waals surface area (Å²) in [4.78, 5) is 11.5. The molecule has 0 aliphatic carbocycles. The minimum Gasteiger partial charge on any atom is -0.467 e. The molecule has 1 unspecified atom stereocenters. The van der Waals surface area contributed by atoms with Crippen LogP contribution in [0, 0.1) is 0 Å². The van der Waals surface area contributed by atoms with Crippen LogP contribution in [0.4, 0.5) is 4.79 Å². The van der Waals surface area contributed by atoms with Crippen LogP contribution in [0.15, 0.2) is 53.1 Å². The van der Waals surface area contributed by atoms with E-state index in [1.807, 2.05) is 43.3 Å². The van der Waals surface area contributed by atoms with E-state index in [1.54, 1.807) is 12.3 Å². The Kier molecular flexibility index (Phi) is 4.02. The van der Waals surface area contributed by atoms with Gasteiger partial charge in [-0.15, -0.1) is 0 Å². The number of nitrogens with one attached hydrogen (secondary N) is 1. The molecule has 0 saturated carbocycles. The highest BCUT2D eigenvalue weighted by Gasteiger charge is 2.12. The maximum absolute atomic E-state index is 11.5. The van der Waals surface area contributed by atoms with E-state index in [0.717, 1.165) is 5.56 Å². The van der Waals surface area contributed by atoms with Crippen molar-refractivity contribution in [3.63, 3.8) is 0 Å². The molecule has 18 heavy (non-hydrogen) atoms. The molecule has 0 spiro atoms. The van der Waals surface area contributed by atoms with E-state index >= 15 is 0 Å². The molecule has 4 heteroatoms. The molecule has 0 bridgehead atoms. The van der Waals surface area contributed by atoms with Crippen molar-refractivity contribution in [3.8, 4) is 0 Å². The van der Waals surface area contributed by atoms with Gasteiger partial charge < -0.3 is 14.5 Å². The summed E-state index contributed by atoms with van der Waals surface area (Å²) in [5.74, 6) is 0.701. The Morgan fingerprint density at radius 2 is 2.06 bits per heavy atom. The lowest BCUT2D eigenvalue weighted by atomic mass is 10.2. The van der Waals surface area contributed by atoms with Crippen molar-refractivity contribution in [2.75, 3.05) is 0 Å². The molecule has 0 saturated heterocycles. The van der Waals surface area contributed by atoms with Gasteiger partial charge in [-0.25, -0.2) is 4.79 Å². The number of furan rings is 1. The van der Waals surface area contributed by atoms with Crippen molar-refractivity contribution in [2.24, 2.45) is 0 Å². The van der Waals surface area contributed by atoms with E-state index in [1.165, 1.54) is 0 Å². The standard InChI is InChI=1S/C14H15NO3/c1-11(13-8-5-9-17-13)15-14(16)18-10-12-6-3-2-4-7-12/h2-9,11H,10H2,1H3,(H,15,16). The van der Waals surface area contributed by atoms with Crippen molar-refractivity contribution in [1.82, 2.24) is 5.32 Å². The van der Waals surface area contributed by atoms with Gasteiger partial charge in [0.1, 0.15) is 12.4 Å². The number of carbonyl (C=O) groups is 1. The minimum atomic E-state index is -0.456. The van der Waals surface area contributed by atoms with E-state index in [9.17, 15) is 4.79 Å². The van der Waals surface area contributed by atoms with Crippen molar-refractivity contribution in [1.29, 1.82) is 0 Å². The summed E-state index contributed by atoms with van der Waals surface area (Å²) in [5.41, 5.74) is 0.957. The Balaban J connectivity index is 1.79. The predicted molar refractivity (Wildman–Crippen MR) is 66.9 cm³/mol. The number of hydrogen-bond acceptors (Lipinski definition) is 3. The van der Waals surface area contributed by atoms with Gasteiger partial charge in [0.05, 0.1) is 12.3 Å². The van der Waals surface area contributed by atoms with Gasteiger partial charge in [-0.05, 0) is 24.6 Å². The molecular formula is C14H15NO3. The molecule has 2 rings (SSSR count). The largest absolute Gasteiger partial charge is 0.467 e. The first kappa shape index (κ1) is 12.2. The highest BCUT2D eigenvalue weighted by atomic mass is 16.5. The molecule has 1 aromatic carbocycles. The lowest BCUT2D eigenvalue weighted by Gasteiger charge is -2.11. The molecule has 1 heterocycles. The molecule has 2 aromatic rings. The Morgan fingerprint density at radius 1 is 1.28 bits per heavy atom. The maximum atomic E-state index is 11.5. The summed E-state index contributed by atoms with van der Waals surface area (Å²) in [6, 6.07) is 12.9. The third kappa shape index (κ3) is 3.38. The van der Waals surface area contributed by atoms with Crippen molar-refractivity contribution >= 4 is 6.09 Å². The molecule has 0 fully saturated rings. The summed E-state index contributed by atoms with van der Waals surface area (Å²) in [5, 5.41) is 2.70. The van der Waals surface area contributed by atoms with Gasteiger partial charge in [-0.3, -0.25) is 0 Å². The second kappa shape index (κ2) is 5.91. The second-order valence-corrected chi connectivity index (χ2v) is 3.94. The van der Waals surface area contributed by atoms with Crippen molar-refractivity contribution < 1.29 is 13.9 Å². The van der Waals surface area contributed by atoms with Crippen LogP contribution in [-0.2, 0) is 11.3 Å². The average molecular weight is 245 g/mol. The van der Waals surface area contributed by atoms with Crippen molar-refractivity contribution in [3.05, 3.63) is 60.1 Å². The molecular weight excluding hydrogens is 230 g/mol. The lowest BCUT2D eigenvalue weighted by Crippen LogP contribution is -2.26. The van der Waals surface area contributed by atoms with Gasteiger partial charge in [0.15, 0.2) is 0 Å². The lowest BCUT2D eigenvalue weighted by molar-refractivity contribution is 0.135. The normalized spacial score (nSPS) is 11.8. The van der Waals surface area contributed by atoms with E-state index in [4.69, 9.17) is 9.15 Å². The molecule has 0 aliphatic rings. The van der Waals surface area contributed by atoms with Gasteiger partial charge >= 0.3 is 6.09 Å². The van der Waals surface area contributed by atoms with Gasteiger partial charge in [-0.2, -0.15) is 0 Å². The number of rotatable bonds is 4. The van der Waals surface area contributed by atoms with E-state index in [2.05, 4.69) is 5.32 Å². The zero-order chi connectivity index (χ0) is 12.8. The van der Waals surface area contributed by atoms with Gasteiger partial charge in [-0.1, -0.05) is 30.3 Å². The third-order valence-corrected chi connectivity index (χ3v) is 2.52. The summed E-state index contributed by atoms with van der Waals surface area (Å²) >= 11 is 0. The van der Waals surface area contributed by atoms with Crippen LogP contribution in [0.1, 0.15) is 24.3 Å². The summed E-state index contributed by atoms with van der Waals surface area (Å²) in [6.07, 6.45) is 1.12. The first-order valence-electron chi connectivity index (χ1n) is 5.76. The zero-order valence-electron chi connectivity index (χ0n) is 10.1. The number of alkyl carbamates (subject to hydrolysis) is 1. The van der Waals surface area contributed by atoms with Gasteiger partial charge in [0, 0.05) is 0 Å². The summed E-state index contributed by atoms with van der Waals surface area (Å²) in [6.45, 7) is 2.10. The van der Waals surface area contributed by atoms with Crippen molar-refractivity contribution in [2.45, 2.75) is 19.6 Å². The smallest absolute Gasteiger partial charge is 0.408 e. The van der Waals surface area contributed by atoms with Crippen LogP contribution in [-0.4, -0.2) is 6.09 Å². The first-order valence-corrected chi connectivity index (χ1v) is 5.76. The van der Waals surface area contributed by atoms with Crippen LogP contribution in [0.25, 0.3) is 0 Å². The third-order valence-electron chi connectivity index (χ3n) is 2.52. The number of ether oxygens (including phenoxy) is 1. The molecule has 1 atom stereocenters. The highest BCUT2D eigenvalue weighted by molar-refractivity contribution is 5.67. The van der Waals surface area contributed by atoms with Gasteiger partial charge in [0.25, 0.3) is 0 Å². The Morgan fingerprint density at radius 3 is 2.72 bits per heavy atom. The van der Waals surface area contributed by atoms with Crippen LogP contribution >= 0.6 is 0 Å². The summed E-state index contributed by atoms with van der Waals surface area (Å²) < 4.78 is 10.3. The quantitative estimate of drug-likeness (QED) is 0.899. The first-order chi connectivity index (χ1) is 8.75. The minimum absolute atomic E-state index is 0.205. The Hall–Kier alpha value is -2.23. The van der Waals surface area contributed by atoms with Crippen LogP contribution in [0.5, 0.6) is 0 Å². The molecule has 94 valence electrons. The Bertz CT molecular complexity index is 479. The van der Waals surface area contributed by atoms with Gasteiger partial charge in [0.2, 0.25) is 0 Å². The number of carbonyl (C=O) groups excluding carboxylic acids is 1. The number of hydrogen-bond donors (Lipinski definition) is 1.